The molecule has 0 aliphatic carbocycles. The number of benzene rings is 1. The first-order chi connectivity index (χ1) is 6.81. The lowest BCUT2D eigenvalue weighted by molar-refractivity contribution is 0.112. The van der Waals surface area contributed by atoms with Crippen LogP contribution in [0, 0.1) is 0 Å². The van der Waals surface area contributed by atoms with Gasteiger partial charge in [0, 0.05) is 30.6 Å². The van der Waals surface area contributed by atoms with E-state index in [2.05, 4.69) is 4.98 Å². The van der Waals surface area contributed by atoms with Gasteiger partial charge in [0.2, 0.25) is 0 Å². The minimum Gasteiger partial charge on any atom is -0.334 e. The third-order valence-corrected chi connectivity index (χ3v) is 2.10. The maximum atomic E-state index is 10.6. The van der Waals surface area contributed by atoms with Gasteiger partial charge in [0.25, 0.3) is 0 Å². The summed E-state index contributed by atoms with van der Waals surface area (Å²) < 4.78 is 1.92. The van der Waals surface area contributed by atoms with Crippen molar-refractivity contribution in [2.75, 3.05) is 0 Å². The van der Waals surface area contributed by atoms with E-state index in [1.54, 1.807) is 12.3 Å². The normalized spacial score (nSPS) is 10.1. The number of nitrogens with zero attached hydrogens (tertiary/aromatic N) is 2. The van der Waals surface area contributed by atoms with Gasteiger partial charge in [0.15, 0.2) is 0 Å². The number of hydrogen-bond acceptors (Lipinski definition) is 2. The number of aldehydes is 1. The number of imidazole rings is 1. The van der Waals surface area contributed by atoms with E-state index in [0.717, 1.165) is 17.7 Å². The Balaban J connectivity index is 2.52. The van der Waals surface area contributed by atoms with E-state index in [1.807, 2.05) is 36.0 Å². The fraction of sp³-hybridized carbons (Fsp3) is 0.0909. The van der Waals surface area contributed by atoms with Crippen molar-refractivity contribution in [2.45, 2.75) is 0 Å². The second kappa shape index (κ2) is 3.46. The van der Waals surface area contributed by atoms with E-state index in [4.69, 9.17) is 0 Å². The van der Waals surface area contributed by atoms with E-state index in [9.17, 15) is 4.79 Å². The van der Waals surface area contributed by atoms with E-state index >= 15 is 0 Å². The van der Waals surface area contributed by atoms with E-state index in [-0.39, 0.29) is 0 Å². The van der Waals surface area contributed by atoms with Crippen molar-refractivity contribution in [1.29, 1.82) is 0 Å². The molecule has 70 valence electrons. The molecule has 3 nitrogen and oxygen atoms in total. The number of hydrogen-bond donors (Lipinski definition) is 0. The molecule has 0 saturated carbocycles. The molecule has 1 heterocycles. The summed E-state index contributed by atoms with van der Waals surface area (Å²) in [6.07, 6.45) is 4.46. The molecule has 0 fully saturated rings. The molecule has 2 rings (SSSR count). The zero-order valence-corrected chi connectivity index (χ0v) is 7.84. The highest BCUT2D eigenvalue weighted by Gasteiger charge is 2.02. The van der Waals surface area contributed by atoms with Gasteiger partial charge >= 0.3 is 0 Å². The summed E-state index contributed by atoms with van der Waals surface area (Å²) in [5, 5.41) is 0. The molecular weight excluding hydrogens is 176 g/mol. The molecule has 0 aliphatic heterocycles. The molecule has 3 heteroatoms. The van der Waals surface area contributed by atoms with E-state index in [1.165, 1.54) is 0 Å². The van der Waals surface area contributed by atoms with Crippen LogP contribution in [-0.2, 0) is 7.05 Å². The Morgan fingerprint density at radius 3 is 2.93 bits per heavy atom. The molecule has 0 aliphatic rings. The van der Waals surface area contributed by atoms with Gasteiger partial charge in [-0.1, -0.05) is 18.2 Å². The Kier molecular flexibility index (Phi) is 2.14. The fourth-order valence-corrected chi connectivity index (χ4v) is 1.39. The third-order valence-electron chi connectivity index (χ3n) is 2.10. The van der Waals surface area contributed by atoms with Crippen molar-refractivity contribution >= 4 is 6.29 Å². The maximum Gasteiger partial charge on any atom is 0.150 e. The number of carbonyl (C=O) groups excluding carboxylic acids is 1. The van der Waals surface area contributed by atoms with Gasteiger partial charge in [0.05, 0.1) is 0 Å². The van der Waals surface area contributed by atoms with Crippen LogP contribution in [-0.4, -0.2) is 15.8 Å². The van der Waals surface area contributed by atoms with Crippen LogP contribution in [0.15, 0.2) is 36.7 Å². The molecule has 0 N–H and O–H groups in total. The Hall–Kier alpha value is -1.90. The molecule has 14 heavy (non-hydrogen) atoms. The second-order valence-corrected chi connectivity index (χ2v) is 3.11. The molecule has 0 radical (unpaired) electrons. The molecule has 0 bridgehead atoms. The molecular formula is C11H10N2O. The zero-order chi connectivity index (χ0) is 9.97. The van der Waals surface area contributed by atoms with Gasteiger partial charge in [-0.25, -0.2) is 4.98 Å². The van der Waals surface area contributed by atoms with Gasteiger partial charge in [-0.15, -0.1) is 0 Å². The van der Waals surface area contributed by atoms with Crippen molar-refractivity contribution in [3.8, 4) is 11.4 Å². The maximum absolute atomic E-state index is 10.6. The molecule has 0 amide bonds. The van der Waals surface area contributed by atoms with Gasteiger partial charge in [-0.05, 0) is 6.07 Å². The molecule has 0 unspecified atom stereocenters. The van der Waals surface area contributed by atoms with Crippen LogP contribution in [0.2, 0.25) is 0 Å². The van der Waals surface area contributed by atoms with Gasteiger partial charge in [-0.2, -0.15) is 0 Å². The van der Waals surface area contributed by atoms with Crippen LogP contribution >= 0.6 is 0 Å². The molecule has 1 aromatic carbocycles. The molecule has 0 spiro atoms. The topological polar surface area (TPSA) is 34.9 Å². The summed E-state index contributed by atoms with van der Waals surface area (Å²) in [7, 11) is 1.93. The van der Waals surface area contributed by atoms with Crippen molar-refractivity contribution in [2.24, 2.45) is 7.05 Å². The van der Waals surface area contributed by atoms with Crippen LogP contribution in [0.25, 0.3) is 11.4 Å². The highest BCUT2D eigenvalue weighted by molar-refractivity contribution is 5.77. The van der Waals surface area contributed by atoms with Crippen molar-refractivity contribution in [3.05, 3.63) is 42.2 Å². The summed E-state index contributed by atoms with van der Waals surface area (Å²) in [5.74, 6) is 0.869. The average Bonchev–Trinajstić information content (AvgIpc) is 2.65. The summed E-state index contributed by atoms with van der Waals surface area (Å²) >= 11 is 0. The summed E-state index contributed by atoms with van der Waals surface area (Å²) in [4.78, 5) is 14.8. The van der Waals surface area contributed by atoms with Gasteiger partial charge < -0.3 is 4.57 Å². The highest BCUT2D eigenvalue weighted by atomic mass is 16.1. The number of aromatic nitrogens is 2. The number of aryl methyl sites for hydroxylation is 1. The first-order valence-electron chi connectivity index (χ1n) is 4.34. The van der Waals surface area contributed by atoms with E-state index < -0.39 is 0 Å². The highest BCUT2D eigenvalue weighted by Crippen LogP contribution is 2.16. The van der Waals surface area contributed by atoms with E-state index in [0.29, 0.717) is 5.56 Å². The van der Waals surface area contributed by atoms with Crippen LogP contribution in [0.1, 0.15) is 10.4 Å². The first-order valence-corrected chi connectivity index (χ1v) is 4.34. The average molecular weight is 186 g/mol. The second-order valence-electron chi connectivity index (χ2n) is 3.11. The Morgan fingerprint density at radius 2 is 2.29 bits per heavy atom. The van der Waals surface area contributed by atoms with Crippen LogP contribution < -0.4 is 0 Å². The third kappa shape index (κ3) is 1.44. The summed E-state index contributed by atoms with van der Waals surface area (Å²) in [6.45, 7) is 0. The summed E-state index contributed by atoms with van der Waals surface area (Å²) in [6, 6.07) is 7.40. The number of rotatable bonds is 2. The summed E-state index contributed by atoms with van der Waals surface area (Å²) in [5.41, 5.74) is 1.63. The quantitative estimate of drug-likeness (QED) is 0.671. The van der Waals surface area contributed by atoms with Gasteiger partial charge in [0.1, 0.15) is 12.1 Å². The Labute approximate surface area is 82.0 Å². The lowest BCUT2D eigenvalue weighted by atomic mass is 10.1. The van der Waals surface area contributed by atoms with Crippen molar-refractivity contribution in [3.63, 3.8) is 0 Å². The predicted octanol–water partition coefficient (Wildman–Crippen LogP) is 1.90. The Bertz CT molecular complexity index is 460. The van der Waals surface area contributed by atoms with Crippen molar-refractivity contribution < 1.29 is 4.79 Å². The van der Waals surface area contributed by atoms with Crippen molar-refractivity contribution in [1.82, 2.24) is 9.55 Å². The van der Waals surface area contributed by atoms with Crippen LogP contribution in [0.3, 0.4) is 0 Å². The minimum absolute atomic E-state index is 0.672. The fourth-order valence-electron chi connectivity index (χ4n) is 1.39. The zero-order valence-electron chi connectivity index (χ0n) is 7.84. The monoisotopic (exact) mass is 186 g/mol. The first kappa shape index (κ1) is 8.69. The number of carbonyl (C=O) groups is 1. The predicted molar refractivity (Wildman–Crippen MR) is 54.0 cm³/mol. The van der Waals surface area contributed by atoms with Gasteiger partial charge in [-0.3, -0.25) is 4.79 Å². The minimum atomic E-state index is 0.672. The standard InChI is InChI=1S/C11H10N2O/c1-13-6-5-12-11(13)10-4-2-3-9(7-10)8-14/h2-8H,1H3. The Morgan fingerprint density at radius 1 is 1.43 bits per heavy atom. The molecule has 2 aromatic rings. The molecule has 0 saturated heterocycles. The lowest BCUT2D eigenvalue weighted by Gasteiger charge is -2.01. The molecule has 0 atom stereocenters. The molecule has 1 aromatic heterocycles. The lowest BCUT2D eigenvalue weighted by Crippen LogP contribution is -1.91. The largest absolute Gasteiger partial charge is 0.334 e. The van der Waals surface area contributed by atoms with Crippen LogP contribution in [0.5, 0.6) is 0 Å². The smallest absolute Gasteiger partial charge is 0.150 e. The van der Waals surface area contributed by atoms with Crippen LogP contribution in [0.4, 0.5) is 0 Å². The SMILES string of the molecule is Cn1ccnc1-c1cccc(C=O)c1.